The van der Waals surface area contributed by atoms with Gasteiger partial charge < -0.3 is 69.3 Å². The molecule has 0 aromatic heterocycles. The molecule has 14 heteroatoms. The van der Waals surface area contributed by atoms with E-state index in [1.165, 1.54) is 5.57 Å². The van der Waals surface area contributed by atoms with E-state index in [4.69, 9.17) is 28.4 Å². The first-order valence-corrected chi connectivity index (χ1v) is 21.1. The van der Waals surface area contributed by atoms with E-state index in [2.05, 4.69) is 47.6 Å². The van der Waals surface area contributed by atoms with Crippen LogP contribution >= 0.6 is 0 Å². The molecule has 8 aliphatic rings. The van der Waals surface area contributed by atoms with E-state index in [9.17, 15) is 40.9 Å². The number of fused-ring (bicyclic) bond motifs is 4. The second kappa shape index (κ2) is 14.1. The minimum atomic E-state index is -1.75. The highest BCUT2D eigenvalue weighted by molar-refractivity contribution is 5.27. The average Bonchev–Trinajstić information content (AvgIpc) is 3.67. The summed E-state index contributed by atoms with van der Waals surface area (Å²) >= 11 is 0. The molecule has 4 saturated carbocycles. The van der Waals surface area contributed by atoms with Crippen molar-refractivity contribution in [3.05, 3.63) is 11.6 Å². The van der Waals surface area contributed by atoms with Crippen LogP contribution in [0.4, 0.5) is 0 Å². The number of aliphatic hydroxyl groups excluding tert-OH is 7. The third-order valence-electron chi connectivity index (χ3n) is 17.3. The summed E-state index contributed by atoms with van der Waals surface area (Å²) < 4.78 is 37.5. The molecule has 0 amide bonds. The Morgan fingerprint density at radius 2 is 1.39 bits per heavy atom. The van der Waals surface area contributed by atoms with Crippen LogP contribution in [0.2, 0.25) is 0 Å². The molecule has 4 saturated heterocycles. The van der Waals surface area contributed by atoms with Crippen molar-refractivity contribution in [1.29, 1.82) is 0 Å². The molecule has 4 aliphatic carbocycles. The van der Waals surface area contributed by atoms with Crippen molar-refractivity contribution in [3.8, 4) is 0 Å². The number of hydrogen-bond acceptors (Lipinski definition) is 14. The van der Waals surface area contributed by atoms with E-state index in [-0.39, 0.29) is 45.5 Å². The normalized spacial score (nSPS) is 57.4. The van der Waals surface area contributed by atoms with Gasteiger partial charge in [0.25, 0.3) is 0 Å². The van der Waals surface area contributed by atoms with Gasteiger partial charge in [0.05, 0.1) is 38.1 Å². The molecule has 4 heterocycles. The molecule has 21 atom stereocenters. The maximum absolute atomic E-state index is 12.3. The molecule has 2 spiro atoms. The first-order valence-electron chi connectivity index (χ1n) is 21.1. The first-order chi connectivity index (χ1) is 26.2. The zero-order valence-electron chi connectivity index (χ0n) is 34.1. The van der Waals surface area contributed by atoms with Crippen molar-refractivity contribution in [2.45, 2.75) is 172 Å². The molecule has 320 valence electrons. The zero-order chi connectivity index (χ0) is 40.5. The van der Waals surface area contributed by atoms with Crippen LogP contribution in [0.1, 0.15) is 93.4 Å². The van der Waals surface area contributed by atoms with Gasteiger partial charge in [0, 0.05) is 23.7 Å². The van der Waals surface area contributed by atoms with Crippen LogP contribution < -0.4 is 0 Å². The molecular weight excluding hydrogens is 728 g/mol. The lowest BCUT2D eigenvalue weighted by Gasteiger charge is -2.70. The Kier molecular flexibility index (Phi) is 10.6. The Morgan fingerprint density at radius 1 is 0.732 bits per heavy atom. The number of rotatable bonds is 7. The molecule has 0 radical (unpaired) electrons. The zero-order valence-corrected chi connectivity index (χ0v) is 34.1. The second-order valence-corrected chi connectivity index (χ2v) is 20.5. The van der Waals surface area contributed by atoms with Crippen LogP contribution in [-0.2, 0) is 28.4 Å². The topological polar surface area (TPSA) is 217 Å². The molecule has 2 bridgehead atoms. The highest BCUT2D eigenvalue weighted by Crippen LogP contribution is 2.80. The van der Waals surface area contributed by atoms with Gasteiger partial charge in [0.1, 0.15) is 48.8 Å². The summed E-state index contributed by atoms with van der Waals surface area (Å²) in [4.78, 5) is 0. The Hall–Kier alpha value is -0.820. The molecule has 0 aromatic rings. The van der Waals surface area contributed by atoms with Crippen LogP contribution in [0.5, 0.6) is 0 Å². The molecule has 56 heavy (non-hydrogen) atoms. The van der Waals surface area contributed by atoms with E-state index in [0.717, 1.165) is 38.5 Å². The van der Waals surface area contributed by atoms with Crippen molar-refractivity contribution in [3.63, 3.8) is 0 Å². The van der Waals surface area contributed by atoms with Gasteiger partial charge in [0.2, 0.25) is 0 Å². The van der Waals surface area contributed by atoms with Crippen LogP contribution in [0.3, 0.4) is 0 Å². The predicted octanol–water partition coefficient (Wildman–Crippen LogP) is 1.36. The fourth-order valence-electron chi connectivity index (χ4n) is 14.6. The maximum atomic E-state index is 12.3. The monoisotopic (exact) mass is 796 g/mol. The molecule has 0 unspecified atom stereocenters. The van der Waals surface area contributed by atoms with Crippen molar-refractivity contribution in [2.75, 3.05) is 26.4 Å². The van der Waals surface area contributed by atoms with Gasteiger partial charge in [0.15, 0.2) is 18.4 Å². The number of ether oxygens (including phenoxy) is 6. The van der Waals surface area contributed by atoms with Crippen LogP contribution in [-0.4, -0.2) is 146 Å². The number of aliphatic hydroxyl groups is 8. The molecule has 8 N–H and O–H groups in total. The van der Waals surface area contributed by atoms with Crippen molar-refractivity contribution in [1.82, 2.24) is 0 Å². The van der Waals surface area contributed by atoms with Gasteiger partial charge in [-0.2, -0.15) is 0 Å². The molecule has 4 aliphatic heterocycles. The summed E-state index contributed by atoms with van der Waals surface area (Å²) in [5, 5.41) is 86.1. The van der Waals surface area contributed by atoms with E-state index >= 15 is 0 Å². The third kappa shape index (κ3) is 5.79. The molecule has 8 fully saturated rings. The quantitative estimate of drug-likeness (QED) is 0.135. The van der Waals surface area contributed by atoms with Gasteiger partial charge in [-0.15, -0.1) is 0 Å². The molecule has 14 nitrogen and oxygen atoms in total. The predicted molar refractivity (Wildman–Crippen MR) is 198 cm³/mol. The Balaban J connectivity index is 1.01. The lowest BCUT2D eigenvalue weighted by molar-refractivity contribution is -0.370. The van der Waals surface area contributed by atoms with Crippen LogP contribution in [0.15, 0.2) is 11.6 Å². The molecule has 8 rings (SSSR count). The average molecular weight is 797 g/mol. The summed E-state index contributed by atoms with van der Waals surface area (Å²) in [6.07, 6.45) is -6.79. The van der Waals surface area contributed by atoms with Crippen molar-refractivity contribution in [2.24, 2.45) is 51.2 Å². The summed E-state index contributed by atoms with van der Waals surface area (Å²) in [7, 11) is 0. The summed E-state index contributed by atoms with van der Waals surface area (Å²) in [6.45, 7) is 15.4. The largest absolute Gasteiger partial charge is 0.394 e. The Morgan fingerprint density at radius 3 is 2.05 bits per heavy atom. The van der Waals surface area contributed by atoms with Gasteiger partial charge in [-0.25, -0.2) is 0 Å². The highest BCUT2D eigenvalue weighted by atomic mass is 16.7. The standard InChI is InChI=1S/C42H68O14/c1-20(2)14-21-17-51-42-18-41(19-52-42)22(34(42)40(21,7)50)8-9-26-38(5)12-11-27(37(3,4)25(38)10-13-39(26,41)6)55-36-32(49)33(29(46)24(16-44)54-36)56-35-31(48)30(47)28(45)23(15-43)53-35/h14,21-36,43-50H,8-13,15-19H2,1-7H3/t21-,22+,23-,24-,25+,26-,27+,28-,29-,30+,31-,32-,33+,34-,35+,36+,38+,39-,40+,41+,42-/m1/s1. The highest BCUT2D eigenvalue weighted by Gasteiger charge is 2.81. The van der Waals surface area contributed by atoms with Gasteiger partial charge in [-0.1, -0.05) is 39.3 Å². The fourth-order valence-corrected chi connectivity index (χ4v) is 14.6. The second-order valence-electron chi connectivity index (χ2n) is 20.5. The minimum Gasteiger partial charge on any atom is -0.394 e. The summed E-state index contributed by atoms with van der Waals surface area (Å²) in [5.74, 6) is 0.0262. The first kappa shape index (κ1) is 41.9. The lowest BCUT2D eigenvalue weighted by atomic mass is 9.35. The van der Waals surface area contributed by atoms with Crippen LogP contribution in [0.25, 0.3) is 0 Å². The van der Waals surface area contributed by atoms with E-state index in [1.807, 2.05) is 6.92 Å². The van der Waals surface area contributed by atoms with E-state index in [1.54, 1.807) is 0 Å². The Bertz CT molecular complexity index is 1500. The lowest BCUT2D eigenvalue weighted by Crippen LogP contribution is -2.68. The van der Waals surface area contributed by atoms with Gasteiger partial charge in [-0.05, 0) is 93.3 Å². The molecule has 0 aromatic carbocycles. The summed E-state index contributed by atoms with van der Waals surface area (Å²) in [6, 6.07) is 0. The third-order valence-corrected chi connectivity index (χ3v) is 17.3. The molecular formula is C42H68O14. The van der Waals surface area contributed by atoms with Gasteiger partial charge >= 0.3 is 0 Å². The van der Waals surface area contributed by atoms with Crippen molar-refractivity contribution < 1.29 is 69.3 Å². The SMILES string of the molecule is CC(C)=C[C@@H]1CO[C@]23C[C@]4(CO2)[C@@H](CC[C@@H]2[C@@]5(C)CC[C@H](O[C@@H]6O[C@H](CO)[C@@H](O)[C@H](O[C@@H]7O[C@H](CO)[C@@H](O)[C@H](O)[C@H]7O)[C@H]6O)C(C)(C)[C@@H]5CC[C@]24C)[C@@H]3[C@@]1(C)O. The van der Waals surface area contributed by atoms with Crippen LogP contribution in [0, 0.1) is 51.2 Å². The Labute approximate surface area is 330 Å². The van der Waals surface area contributed by atoms with Gasteiger partial charge in [-0.3, -0.25) is 0 Å². The number of hydrogen-bond donors (Lipinski definition) is 8. The van der Waals surface area contributed by atoms with E-state index < -0.39 is 86.0 Å². The smallest absolute Gasteiger partial charge is 0.187 e. The number of allylic oxidation sites excluding steroid dienone is 1. The maximum Gasteiger partial charge on any atom is 0.187 e. The summed E-state index contributed by atoms with van der Waals surface area (Å²) in [5.41, 5.74) is -0.302. The fraction of sp³-hybridized carbons (Fsp3) is 0.952. The van der Waals surface area contributed by atoms with Crippen molar-refractivity contribution >= 4 is 0 Å². The minimum absolute atomic E-state index is 0.0284. The van der Waals surface area contributed by atoms with E-state index in [0.29, 0.717) is 31.5 Å².